The van der Waals surface area contributed by atoms with E-state index in [1.165, 1.54) is 0 Å². The van der Waals surface area contributed by atoms with Crippen LogP contribution in [0.5, 0.6) is 0 Å². The minimum absolute atomic E-state index is 0.0141. The molecule has 0 radical (unpaired) electrons. The van der Waals surface area contributed by atoms with E-state index in [1.54, 1.807) is 9.80 Å². The highest BCUT2D eigenvalue weighted by Gasteiger charge is 2.27. The van der Waals surface area contributed by atoms with Crippen LogP contribution in [0.25, 0.3) is 0 Å². The predicted octanol–water partition coefficient (Wildman–Crippen LogP) is 3.15. The van der Waals surface area contributed by atoms with Crippen molar-refractivity contribution in [3.63, 3.8) is 0 Å². The van der Waals surface area contributed by atoms with E-state index < -0.39 is 11.9 Å². The van der Waals surface area contributed by atoms with E-state index in [1.807, 2.05) is 61.5 Å². The average Bonchev–Trinajstić information content (AvgIpc) is 2.81. The molecule has 166 valence electrons. The Morgan fingerprint density at radius 1 is 1.03 bits per heavy atom. The molecule has 0 spiro atoms. The third-order valence-corrected chi connectivity index (χ3v) is 6.14. The Balaban J connectivity index is 1.81. The summed E-state index contributed by atoms with van der Waals surface area (Å²) in [7, 11) is 0. The highest BCUT2D eigenvalue weighted by molar-refractivity contribution is 5.92. The van der Waals surface area contributed by atoms with Crippen LogP contribution in [0, 0.1) is 5.92 Å². The highest BCUT2D eigenvalue weighted by atomic mass is 16.4. The van der Waals surface area contributed by atoms with Gasteiger partial charge in [0.2, 0.25) is 0 Å². The van der Waals surface area contributed by atoms with E-state index in [-0.39, 0.29) is 25.1 Å². The summed E-state index contributed by atoms with van der Waals surface area (Å²) in [6.07, 6.45) is 3.50. The first-order valence-corrected chi connectivity index (χ1v) is 11.1. The van der Waals surface area contributed by atoms with Crippen LogP contribution >= 0.6 is 0 Å². The number of amides is 2. The first-order chi connectivity index (χ1) is 15.0. The van der Waals surface area contributed by atoms with Crippen molar-refractivity contribution >= 4 is 17.7 Å². The predicted molar refractivity (Wildman–Crippen MR) is 119 cm³/mol. The van der Waals surface area contributed by atoms with Crippen LogP contribution in [0.4, 0.5) is 10.5 Å². The molecule has 0 saturated heterocycles. The number of aliphatic carboxylic acids is 1. The fourth-order valence-electron chi connectivity index (χ4n) is 4.42. The second-order valence-corrected chi connectivity index (χ2v) is 8.07. The smallest absolute Gasteiger partial charge is 0.324 e. The van der Waals surface area contributed by atoms with Crippen molar-refractivity contribution < 1.29 is 19.8 Å². The van der Waals surface area contributed by atoms with Gasteiger partial charge in [0.1, 0.15) is 0 Å². The number of anilines is 1. The van der Waals surface area contributed by atoms with Crippen molar-refractivity contribution in [3.8, 4) is 0 Å². The minimum Gasteiger partial charge on any atom is -0.550 e. The fraction of sp³-hybridized carbons (Fsp3) is 0.440. The van der Waals surface area contributed by atoms with Gasteiger partial charge >= 0.3 is 6.03 Å². The molecule has 2 aromatic carbocycles. The van der Waals surface area contributed by atoms with E-state index in [4.69, 9.17) is 0 Å². The van der Waals surface area contributed by atoms with Gasteiger partial charge in [0.25, 0.3) is 0 Å². The second kappa shape index (κ2) is 11.0. The molecule has 0 aromatic heterocycles. The van der Waals surface area contributed by atoms with Gasteiger partial charge in [-0.05, 0) is 48.9 Å². The van der Waals surface area contributed by atoms with Crippen LogP contribution in [0.3, 0.4) is 0 Å². The monoisotopic (exact) mass is 423 g/mol. The van der Waals surface area contributed by atoms with Gasteiger partial charge in [-0.1, -0.05) is 55.3 Å². The standard InChI is InChI=1S/C25H32N2O4/c1-2-26(16-17-28)25(31)27(21-8-4-3-5-9-21)18-19-12-14-20(15-13-19)22-10-6-7-11-23(22)24(29)30/h3-5,8-9,12-15,22-23,28H,2,6-7,10-11,16-18H2,1H3,(H,29,30)/p-1. The number of carboxylic acid groups (broad SMARTS) is 1. The van der Waals surface area contributed by atoms with Gasteiger partial charge in [0.15, 0.2) is 0 Å². The van der Waals surface area contributed by atoms with Gasteiger partial charge in [-0.25, -0.2) is 4.79 Å². The Morgan fingerprint density at radius 2 is 1.71 bits per heavy atom. The Bertz CT molecular complexity index is 854. The molecule has 2 aromatic rings. The Morgan fingerprint density at radius 3 is 2.32 bits per heavy atom. The molecule has 0 heterocycles. The third kappa shape index (κ3) is 5.64. The van der Waals surface area contributed by atoms with Crippen molar-refractivity contribution in [1.82, 2.24) is 4.90 Å². The molecule has 6 nitrogen and oxygen atoms in total. The zero-order chi connectivity index (χ0) is 22.2. The van der Waals surface area contributed by atoms with Crippen LogP contribution in [0.1, 0.15) is 49.7 Å². The topological polar surface area (TPSA) is 83.9 Å². The second-order valence-electron chi connectivity index (χ2n) is 8.07. The first-order valence-electron chi connectivity index (χ1n) is 11.1. The van der Waals surface area contributed by atoms with Gasteiger partial charge in [-0.15, -0.1) is 0 Å². The maximum atomic E-state index is 13.2. The molecule has 0 bridgehead atoms. The van der Waals surface area contributed by atoms with Crippen molar-refractivity contribution in [2.45, 2.75) is 45.1 Å². The number of urea groups is 1. The summed E-state index contributed by atoms with van der Waals surface area (Å²) in [5.41, 5.74) is 2.77. The lowest BCUT2D eigenvalue weighted by Crippen LogP contribution is -2.44. The van der Waals surface area contributed by atoms with E-state index in [0.717, 1.165) is 36.1 Å². The lowest BCUT2D eigenvalue weighted by Gasteiger charge is -2.33. The Hall–Kier alpha value is -2.86. The maximum Gasteiger partial charge on any atom is 0.324 e. The number of carbonyl (C=O) groups excluding carboxylic acids is 2. The van der Waals surface area contributed by atoms with Gasteiger partial charge < -0.3 is 19.9 Å². The molecule has 2 atom stereocenters. The highest BCUT2D eigenvalue weighted by Crippen LogP contribution is 2.37. The number of hydrogen-bond donors (Lipinski definition) is 1. The zero-order valence-electron chi connectivity index (χ0n) is 18.1. The van der Waals surface area contributed by atoms with E-state index >= 15 is 0 Å². The summed E-state index contributed by atoms with van der Waals surface area (Å²) in [6, 6.07) is 17.2. The number of hydrogen-bond acceptors (Lipinski definition) is 4. The molecule has 1 aliphatic carbocycles. The van der Waals surface area contributed by atoms with Gasteiger partial charge in [0.05, 0.1) is 13.2 Å². The molecule has 2 amide bonds. The molecule has 0 aliphatic heterocycles. The number of benzene rings is 2. The summed E-state index contributed by atoms with van der Waals surface area (Å²) in [6.45, 7) is 2.98. The molecule has 1 aliphatic rings. The number of carbonyl (C=O) groups is 2. The number of carboxylic acids is 1. The van der Waals surface area contributed by atoms with Crippen LogP contribution < -0.4 is 10.0 Å². The van der Waals surface area contributed by atoms with Crippen LogP contribution in [-0.4, -0.2) is 41.7 Å². The summed E-state index contributed by atoms with van der Waals surface area (Å²) < 4.78 is 0. The minimum atomic E-state index is -0.960. The molecular weight excluding hydrogens is 392 g/mol. The molecule has 1 N–H and O–H groups in total. The Kier molecular flexibility index (Phi) is 8.06. The largest absolute Gasteiger partial charge is 0.550 e. The van der Waals surface area contributed by atoms with Crippen molar-refractivity contribution in [1.29, 1.82) is 0 Å². The lowest BCUT2D eigenvalue weighted by molar-refractivity contribution is -0.313. The quantitative estimate of drug-likeness (QED) is 0.707. The Labute approximate surface area is 184 Å². The van der Waals surface area contributed by atoms with Crippen molar-refractivity contribution in [2.24, 2.45) is 5.92 Å². The molecule has 31 heavy (non-hydrogen) atoms. The molecule has 2 unspecified atom stereocenters. The number of aliphatic hydroxyl groups is 1. The van der Waals surface area contributed by atoms with Crippen molar-refractivity contribution in [3.05, 3.63) is 65.7 Å². The van der Waals surface area contributed by atoms with Crippen LogP contribution in [0.15, 0.2) is 54.6 Å². The lowest BCUT2D eigenvalue weighted by atomic mass is 9.75. The van der Waals surface area contributed by atoms with E-state index in [9.17, 15) is 19.8 Å². The normalized spacial score (nSPS) is 18.4. The molecule has 6 heteroatoms. The summed E-state index contributed by atoms with van der Waals surface area (Å²) in [5.74, 6) is -1.41. The molecule has 3 rings (SSSR count). The zero-order valence-corrected chi connectivity index (χ0v) is 18.1. The fourth-order valence-corrected chi connectivity index (χ4v) is 4.42. The van der Waals surface area contributed by atoms with Crippen LogP contribution in [0.2, 0.25) is 0 Å². The first kappa shape index (κ1) is 22.8. The average molecular weight is 424 g/mol. The van der Waals surface area contributed by atoms with Crippen LogP contribution in [-0.2, 0) is 11.3 Å². The SMILES string of the molecule is CCN(CCO)C(=O)N(Cc1ccc(C2CCCCC2C(=O)[O-])cc1)c1ccccc1. The number of likely N-dealkylation sites (N-methyl/N-ethyl adjacent to an activating group) is 1. The van der Waals surface area contributed by atoms with Gasteiger partial charge in [-0.2, -0.15) is 0 Å². The third-order valence-electron chi connectivity index (χ3n) is 6.14. The molecule has 1 saturated carbocycles. The molecular formula is C25H31N2O4-. The van der Waals surface area contributed by atoms with Gasteiger partial charge in [-0.3, -0.25) is 4.90 Å². The summed E-state index contributed by atoms with van der Waals surface area (Å²) in [4.78, 5) is 28.0. The summed E-state index contributed by atoms with van der Waals surface area (Å²) in [5, 5.41) is 20.9. The summed E-state index contributed by atoms with van der Waals surface area (Å²) >= 11 is 0. The number of rotatable bonds is 8. The van der Waals surface area contributed by atoms with Gasteiger partial charge in [0, 0.05) is 30.7 Å². The van der Waals surface area contributed by atoms with Crippen molar-refractivity contribution in [2.75, 3.05) is 24.6 Å². The number of aliphatic hydroxyl groups excluding tert-OH is 1. The molecule has 1 fully saturated rings. The maximum absolute atomic E-state index is 13.2. The van der Waals surface area contributed by atoms with E-state index in [0.29, 0.717) is 19.5 Å². The number of nitrogens with zero attached hydrogens (tertiary/aromatic N) is 2. The number of para-hydroxylation sites is 1. The van der Waals surface area contributed by atoms with E-state index in [2.05, 4.69) is 0 Å².